The van der Waals surface area contributed by atoms with Crippen LogP contribution < -0.4 is 5.32 Å². The van der Waals surface area contributed by atoms with Crippen LogP contribution in [0.4, 0.5) is 4.39 Å². The Bertz CT molecular complexity index is 322. The summed E-state index contributed by atoms with van der Waals surface area (Å²) in [6.45, 7) is 3.20. The summed E-state index contributed by atoms with van der Waals surface area (Å²) in [5, 5.41) is 12.0. The summed E-state index contributed by atoms with van der Waals surface area (Å²) in [5.74, 6) is 1.82. The molecule has 17 heavy (non-hydrogen) atoms. The van der Waals surface area contributed by atoms with Crippen molar-refractivity contribution in [3.8, 4) is 0 Å². The summed E-state index contributed by atoms with van der Waals surface area (Å²) in [5.41, 5.74) is 0.977. The van der Waals surface area contributed by atoms with E-state index in [2.05, 4.69) is 5.32 Å². The molecule has 0 spiro atoms. The van der Waals surface area contributed by atoms with Crippen LogP contribution in [0.15, 0.2) is 24.3 Å². The average Bonchev–Trinajstić information content (AvgIpc) is 2.33. The molecule has 0 saturated heterocycles. The molecule has 96 valence electrons. The Morgan fingerprint density at radius 1 is 1.41 bits per heavy atom. The van der Waals surface area contributed by atoms with Gasteiger partial charge in [-0.25, -0.2) is 4.39 Å². The monoisotopic (exact) mass is 257 g/mol. The summed E-state index contributed by atoms with van der Waals surface area (Å²) in [4.78, 5) is 0. The molecule has 4 heteroatoms. The van der Waals surface area contributed by atoms with Crippen LogP contribution in [0.3, 0.4) is 0 Å². The number of thioether (sulfide) groups is 1. The van der Waals surface area contributed by atoms with E-state index < -0.39 is 0 Å². The molecule has 2 N–H and O–H groups in total. The van der Waals surface area contributed by atoms with E-state index in [0.29, 0.717) is 0 Å². The Hall–Kier alpha value is -0.580. The minimum Gasteiger partial charge on any atom is -0.396 e. The molecule has 1 aromatic rings. The maximum absolute atomic E-state index is 13.0. The molecule has 0 amide bonds. The lowest BCUT2D eigenvalue weighted by Crippen LogP contribution is -2.21. The minimum atomic E-state index is -0.187. The van der Waals surface area contributed by atoms with Gasteiger partial charge in [-0.3, -0.25) is 0 Å². The Balaban J connectivity index is 2.19. The molecule has 1 atom stereocenters. The highest BCUT2D eigenvalue weighted by molar-refractivity contribution is 7.99. The zero-order valence-corrected chi connectivity index (χ0v) is 11.0. The quantitative estimate of drug-likeness (QED) is 0.702. The van der Waals surface area contributed by atoms with Gasteiger partial charge in [-0.15, -0.1) is 0 Å². The van der Waals surface area contributed by atoms with Gasteiger partial charge in [-0.05, 0) is 36.8 Å². The summed E-state index contributed by atoms with van der Waals surface area (Å²) in [6.07, 6.45) is 0.851. The van der Waals surface area contributed by atoms with Crippen LogP contribution in [0.25, 0.3) is 0 Å². The number of benzene rings is 1. The molecule has 0 aliphatic carbocycles. The van der Waals surface area contributed by atoms with Crippen molar-refractivity contribution in [3.05, 3.63) is 35.6 Å². The zero-order valence-electron chi connectivity index (χ0n) is 10.2. The molecule has 0 fully saturated rings. The van der Waals surface area contributed by atoms with E-state index in [-0.39, 0.29) is 18.5 Å². The second kappa shape index (κ2) is 8.50. The molecule has 0 aliphatic heterocycles. The second-order valence-electron chi connectivity index (χ2n) is 3.92. The van der Waals surface area contributed by atoms with E-state index >= 15 is 0 Å². The molecule has 0 heterocycles. The van der Waals surface area contributed by atoms with Crippen molar-refractivity contribution in [2.24, 2.45) is 0 Å². The third-order valence-electron chi connectivity index (χ3n) is 2.49. The van der Waals surface area contributed by atoms with Crippen molar-refractivity contribution < 1.29 is 9.50 Å². The van der Waals surface area contributed by atoms with E-state index in [9.17, 15) is 4.39 Å². The predicted octanol–water partition coefficient (Wildman–Crippen LogP) is 2.59. The van der Waals surface area contributed by atoms with Gasteiger partial charge in [0.2, 0.25) is 0 Å². The largest absolute Gasteiger partial charge is 0.396 e. The van der Waals surface area contributed by atoms with Crippen molar-refractivity contribution >= 4 is 11.8 Å². The number of aliphatic hydroxyl groups is 1. The van der Waals surface area contributed by atoms with Gasteiger partial charge in [0.1, 0.15) is 5.82 Å². The Morgan fingerprint density at radius 3 is 2.94 bits per heavy atom. The van der Waals surface area contributed by atoms with Crippen LogP contribution >= 0.6 is 11.8 Å². The summed E-state index contributed by atoms with van der Waals surface area (Å²) < 4.78 is 13.0. The standard InChI is InChI=1S/C13H20FNOS/c1-11(12-4-2-5-13(14)10-12)15-6-9-17-8-3-7-16/h2,4-5,10-11,15-16H,3,6-9H2,1H3. The first-order valence-electron chi connectivity index (χ1n) is 5.91. The van der Waals surface area contributed by atoms with Gasteiger partial charge < -0.3 is 10.4 Å². The van der Waals surface area contributed by atoms with Crippen LogP contribution in [-0.2, 0) is 0 Å². The van der Waals surface area contributed by atoms with E-state index in [4.69, 9.17) is 5.11 Å². The number of hydrogen-bond acceptors (Lipinski definition) is 3. The molecule has 0 aromatic heterocycles. The van der Waals surface area contributed by atoms with Crippen molar-refractivity contribution in [1.29, 1.82) is 0 Å². The van der Waals surface area contributed by atoms with Crippen molar-refractivity contribution in [3.63, 3.8) is 0 Å². The third kappa shape index (κ3) is 6.05. The number of aliphatic hydroxyl groups excluding tert-OH is 1. The number of rotatable bonds is 8. The van der Waals surface area contributed by atoms with Crippen LogP contribution in [-0.4, -0.2) is 29.8 Å². The maximum Gasteiger partial charge on any atom is 0.123 e. The average molecular weight is 257 g/mol. The molecule has 0 bridgehead atoms. The van der Waals surface area contributed by atoms with E-state index in [1.807, 2.05) is 24.8 Å². The Labute approximate surface area is 107 Å². The first kappa shape index (κ1) is 14.5. The lowest BCUT2D eigenvalue weighted by atomic mass is 10.1. The van der Waals surface area contributed by atoms with Gasteiger partial charge in [-0.2, -0.15) is 11.8 Å². The van der Waals surface area contributed by atoms with E-state index in [1.54, 1.807) is 12.1 Å². The second-order valence-corrected chi connectivity index (χ2v) is 5.15. The fraction of sp³-hybridized carbons (Fsp3) is 0.538. The lowest BCUT2D eigenvalue weighted by molar-refractivity contribution is 0.296. The topological polar surface area (TPSA) is 32.3 Å². The van der Waals surface area contributed by atoms with Gasteiger partial charge in [0, 0.05) is 24.9 Å². The highest BCUT2D eigenvalue weighted by atomic mass is 32.2. The molecule has 2 nitrogen and oxygen atoms in total. The highest BCUT2D eigenvalue weighted by Gasteiger charge is 2.04. The van der Waals surface area contributed by atoms with Crippen LogP contribution in [0.5, 0.6) is 0 Å². The van der Waals surface area contributed by atoms with Crippen LogP contribution in [0, 0.1) is 5.82 Å². The fourth-order valence-corrected chi connectivity index (χ4v) is 2.31. The molecule has 1 unspecified atom stereocenters. The lowest BCUT2D eigenvalue weighted by Gasteiger charge is -2.14. The van der Waals surface area contributed by atoms with Gasteiger partial charge in [0.05, 0.1) is 0 Å². The normalized spacial score (nSPS) is 12.6. The van der Waals surface area contributed by atoms with Crippen LogP contribution in [0.2, 0.25) is 0 Å². The first-order chi connectivity index (χ1) is 8.24. The maximum atomic E-state index is 13.0. The summed E-state index contributed by atoms with van der Waals surface area (Å²) in [7, 11) is 0. The smallest absolute Gasteiger partial charge is 0.123 e. The molecular formula is C13H20FNOS. The van der Waals surface area contributed by atoms with Gasteiger partial charge in [0.25, 0.3) is 0 Å². The van der Waals surface area contributed by atoms with Gasteiger partial charge in [0.15, 0.2) is 0 Å². The molecule has 1 aromatic carbocycles. The fourth-order valence-electron chi connectivity index (χ4n) is 1.51. The molecule has 0 saturated carbocycles. The first-order valence-corrected chi connectivity index (χ1v) is 7.07. The number of halogens is 1. The summed E-state index contributed by atoms with van der Waals surface area (Å²) in [6, 6.07) is 6.86. The van der Waals surface area contributed by atoms with E-state index in [0.717, 1.165) is 30.0 Å². The number of nitrogens with one attached hydrogen (secondary N) is 1. The highest BCUT2D eigenvalue weighted by Crippen LogP contribution is 2.13. The molecule has 0 radical (unpaired) electrons. The van der Waals surface area contributed by atoms with Gasteiger partial charge in [-0.1, -0.05) is 12.1 Å². The van der Waals surface area contributed by atoms with E-state index in [1.165, 1.54) is 6.07 Å². The SMILES string of the molecule is CC(NCCSCCCO)c1cccc(F)c1. The van der Waals surface area contributed by atoms with Crippen LogP contribution in [0.1, 0.15) is 24.9 Å². The predicted molar refractivity (Wildman–Crippen MR) is 71.8 cm³/mol. The minimum absolute atomic E-state index is 0.171. The molecule has 1 rings (SSSR count). The van der Waals surface area contributed by atoms with Crippen molar-refractivity contribution in [2.75, 3.05) is 24.7 Å². The Kier molecular flexibility index (Phi) is 7.24. The van der Waals surface area contributed by atoms with Gasteiger partial charge >= 0.3 is 0 Å². The summed E-state index contributed by atoms with van der Waals surface area (Å²) >= 11 is 1.82. The third-order valence-corrected chi connectivity index (χ3v) is 3.56. The van der Waals surface area contributed by atoms with Crippen molar-refractivity contribution in [1.82, 2.24) is 5.32 Å². The Morgan fingerprint density at radius 2 is 2.24 bits per heavy atom. The van der Waals surface area contributed by atoms with Crippen molar-refractivity contribution in [2.45, 2.75) is 19.4 Å². The molecular weight excluding hydrogens is 237 g/mol. The molecule has 0 aliphatic rings. The number of hydrogen-bond donors (Lipinski definition) is 2. The zero-order chi connectivity index (χ0) is 12.5.